The van der Waals surface area contributed by atoms with Crippen LogP contribution in [-0.2, 0) is 6.42 Å². The predicted octanol–water partition coefficient (Wildman–Crippen LogP) is 10.0. The molecule has 8 rings (SSSR count). The van der Waals surface area contributed by atoms with Crippen LogP contribution in [0.2, 0.25) is 0 Å². The zero-order valence-electron chi connectivity index (χ0n) is 22.5. The van der Waals surface area contributed by atoms with Crippen molar-refractivity contribution in [1.82, 2.24) is 9.97 Å². The molecule has 0 saturated heterocycles. The molecular formula is C39H26N2. The maximum atomic E-state index is 4.96. The molecule has 2 heteroatoms. The molecule has 0 aliphatic heterocycles. The molecule has 2 aromatic heterocycles. The van der Waals surface area contributed by atoms with E-state index in [2.05, 4.69) is 133 Å². The van der Waals surface area contributed by atoms with E-state index in [-0.39, 0.29) is 0 Å². The van der Waals surface area contributed by atoms with Crippen molar-refractivity contribution < 1.29 is 0 Å². The monoisotopic (exact) mass is 522 g/mol. The third kappa shape index (κ3) is 3.96. The first-order valence-corrected chi connectivity index (χ1v) is 14.0. The highest BCUT2D eigenvalue weighted by atomic mass is 14.7. The maximum Gasteiger partial charge on any atom is 0.0783 e. The van der Waals surface area contributed by atoms with Gasteiger partial charge >= 0.3 is 0 Å². The third-order valence-electron chi connectivity index (χ3n) is 8.29. The first kappa shape index (κ1) is 23.5. The average Bonchev–Trinajstić information content (AvgIpc) is 3.04. The van der Waals surface area contributed by atoms with Gasteiger partial charge in [-0.05, 0) is 55.6 Å². The first-order valence-electron chi connectivity index (χ1n) is 14.0. The summed E-state index contributed by atoms with van der Waals surface area (Å²) < 4.78 is 0. The summed E-state index contributed by atoms with van der Waals surface area (Å²) in [5.74, 6) is 0. The molecule has 0 unspecified atom stereocenters. The maximum absolute atomic E-state index is 4.96. The molecule has 192 valence electrons. The molecular weight excluding hydrogens is 496 g/mol. The van der Waals surface area contributed by atoms with E-state index in [1.54, 1.807) is 0 Å². The van der Waals surface area contributed by atoms with Crippen molar-refractivity contribution in [2.24, 2.45) is 0 Å². The minimum Gasteiger partial charge on any atom is -0.256 e. The Balaban J connectivity index is 1.44. The van der Waals surface area contributed by atoms with Gasteiger partial charge in [0.05, 0.1) is 11.4 Å². The Kier molecular flexibility index (Phi) is 5.56. The zero-order valence-corrected chi connectivity index (χ0v) is 22.5. The van der Waals surface area contributed by atoms with Crippen molar-refractivity contribution in [1.29, 1.82) is 0 Å². The standard InChI is InChI=1S/C39H26N2/c1-5-13-30-26(9-1)17-19-34(38-32-15-7-3-11-28(32)21-23-40-38)36(30)25-37-31-14-6-2-10-27(31)18-20-35(37)39-33-16-8-4-12-29(33)22-24-41-39/h1-24H,25H2. The lowest BCUT2D eigenvalue weighted by Crippen LogP contribution is -2.00. The highest BCUT2D eigenvalue weighted by Gasteiger charge is 2.19. The van der Waals surface area contributed by atoms with E-state index >= 15 is 0 Å². The Morgan fingerprint density at radius 3 is 1.15 bits per heavy atom. The number of aromatic nitrogens is 2. The van der Waals surface area contributed by atoms with Crippen LogP contribution in [0, 0.1) is 0 Å². The van der Waals surface area contributed by atoms with Crippen molar-refractivity contribution in [3.63, 3.8) is 0 Å². The minimum absolute atomic E-state index is 0.753. The van der Waals surface area contributed by atoms with Crippen LogP contribution in [0.4, 0.5) is 0 Å². The van der Waals surface area contributed by atoms with Crippen molar-refractivity contribution in [3.05, 3.63) is 157 Å². The van der Waals surface area contributed by atoms with E-state index in [0.717, 1.165) is 17.8 Å². The van der Waals surface area contributed by atoms with Crippen LogP contribution in [0.5, 0.6) is 0 Å². The molecule has 6 aromatic carbocycles. The molecule has 0 N–H and O–H groups in total. The molecule has 0 atom stereocenters. The molecule has 0 spiro atoms. The SMILES string of the molecule is c1ccc2c(-c3ccc4ccccc4c3Cc3c(-c4nccc5ccccc45)ccc4ccccc34)nccc2c1. The van der Waals surface area contributed by atoms with Gasteiger partial charge in [-0.3, -0.25) is 9.97 Å². The number of pyridine rings is 2. The molecule has 0 amide bonds. The van der Waals surface area contributed by atoms with Gasteiger partial charge in [0.1, 0.15) is 0 Å². The number of nitrogens with zero attached hydrogens (tertiary/aromatic N) is 2. The molecule has 41 heavy (non-hydrogen) atoms. The fourth-order valence-electron chi connectivity index (χ4n) is 6.34. The highest BCUT2D eigenvalue weighted by molar-refractivity contribution is 6.02. The zero-order chi connectivity index (χ0) is 27.2. The van der Waals surface area contributed by atoms with Gasteiger partial charge in [-0.25, -0.2) is 0 Å². The van der Waals surface area contributed by atoms with E-state index in [4.69, 9.17) is 9.97 Å². The van der Waals surface area contributed by atoms with E-state index in [1.807, 2.05) is 12.4 Å². The Morgan fingerprint density at radius 1 is 0.341 bits per heavy atom. The Labute approximate surface area is 238 Å². The summed E-state index contributed by atoms with van der Waals surface area (Å²) in [5, 5.41) is 9.70. The van der Waals surface area contributed by atoms with Crippen molar-refractivity contribution in [3.8, 4) is 22.5 Å². The quantitative estimate of drug-likeness (QED) is 0.230. The van der Waals surface area contributed by atoms with Crippen LogP contribution in [0.15, 0.2) is 146 Å². The van der Waals surface area contributed by atoms with Crippen LogP contribution in [0.25, 0.3) is 65.6 Å². The van der Waals surface area contributed by atoms with Crippen molar-refractivity contribution >= 4 is 43.1 Å². The highest BCUT2D eigenvalue weighted by Crippen LogP contribution is 2.39. The van der Waals surface area contributed by atoms with E-state index in [9.17, 15) is 0 Å². The molecule has 2 heterocycles. The van der Waals surface area contributed by atoms with E-state index in [1.165, 1.54) is 65.3 Å². The average molecular weight is 523 g/mol. The summed E-state index contributed by atoms with van der Waals surface area (Å²) in [6.07, 6.45) is 4.61. The molecule has 0 bridgehead atoms. The first-order chi connectivity index (χ1) is 20.3. The van der Waals surface area contributed by atoms with Crippen LogP contribution >= 0.6 is 0 Å². The third-order valence-corrected chi connectivity index (χ3v) is 8.29. The molecule has 8 aromatic rings. The van der Waals surface area contributed by atoms with Gasteiger partial charge in [-0.1, -0.05) is 121 Å². The minimum atomic E-state index is 0.753. The molecule has 0 aliphatic rings. The number of rotatable bonds is 4. The Bertz CT molecular complexity index is 2080. The molecule has 0 fully saturated rings. The van der Waals surface area contributed by atoms with Crippen molar-refractivity contribution in [2.75, 3.05) is 0 Å². The van der Waals surface area contributed by atoms with Gasteiger partial charge in [-0.15, -0.1) is 0 Å². The lowest BCUT2D eigenvalue weighted by atomic mass is 9.86. The summed E-state index contributed by atoms with van der Waals surface area (Å²) in [6.45, 7) is 0. The summed E-state index contributed by atoms with van der Waals surface area (Å²) in [4.78, 5) is 9.92. The summed E-state index contributed by atoms with van der Waals surface area (Å²) in [7, 11) is 0. The topological polar surface area (TPSA) is 25.8 Å². The lowest BCUT2D eigenvalue weighted by Gasteiger charge is -2.19. The van der Waals surface area contributed by atoms with Crippen LogP contribution in [0.3, 0.4) is 0 Å². The summed E-state index contributed by atoms with van der Waals surface area (Å²) in [6, 6.07) is 47.7. The van der Waals surface area contributed by atoms with Crippen molar-refractivity contribution in [2.45, 2.75) is 6.42 Å². The normalized spacial score (nSPS) is 11.5. The second-order valence-electron chi connectivity index (χ2n) is 10.6. The smallest absolute Gasteiger partial charge is 0.0783 e. The summed E-state index contributed by atoms with van der Waals surface area (Å²) in [5.41, 5.74) is 6.95. The largest absolute Gasteiger partial charge is 0.256 e. The lowest BCUT2D eigenvalue weighted by molar-refractivity contribution is 1.22. The fraction of sp³-hybridized carbons (Fsp3) is 0.0256. The predicted molar refractivity (Wildman–Crippen MR) is 172 cm³/mol. The van der Waals surface area contributed by atoms with Gasteiger partial charge in [-0.2, -0.15) is 0 Å². The van der Waals surface area contributed by atoms with Crippen LogP contribution in [-0.4, -0.2) is 9.97 Å². The van der Waals surface area contributed by atoms with Crippen LogP contribution in [0.1, 0.15) is 11.1 Å². The molecule has 0 aliphatic carbocycles. The second kappa shape index (κ2) is 9.69. The number of hydrogen-bond acceptors (Lipinski definition) is 2. The van der Waals surface area contributed by atoms with Gasteiger partial charge < -0.3 is 0 Å². The Morgan fingerprint density at radius 2 is 0.707 bits per heavy atom. The van der Waals surface area contributed by atoms with E-state index < -0.39 is 0 Å². The second-order valence-corrected chi connectivity index (χ2v) is 10.6. The van der Waals surface area contributed by atoms with Crippen LogP contribution < -0.4 is 0 Å². The van der Waals surface area contributed by atoms with E-state index in [0.29, 0.717) is 0 Å². The molecule has 2 nitrogen and oxygen atoms in total. The number of hydrogen-bond donors (Lipinski definition) is 0. The van der Waals surface area contributed by atoms with Gasteiger partial charge in [0.15, 0.2) is 0 Å². The van der Waals surface area contributed by atoms with Gasteiger partial charge in [0.25, 0.3) is 0 Å². The molecule has 0 saturated carbocycles. The molecule has 0 radical (unpaired) electrons. The van der Waals surface area contributed by atoms with Gasteiger partial charge in [0.2, 0.25) is 0 Å². The number of fused-ring (bicyclic) bond motifs is 4. The fourth-order valence-corrected chi connectivity index (χ4v) is 6.34. The Hall–Kier alpha value is -5.34. The van der Waals surface area contributed by atoms with Gasteiger partial charge in [0, 0.05) is 40.7 Å². The number of benzene rings is 6. The summed E-state index contributed by atoms with van der Waals surface area (Å²) >= 11 is 0.